The summed E-state index contributed by atoms with van der Waals surface area (Å²) in [5.41, 5.74) is 1.75. The Hall–Kier alpha value is -0.670. The van der Waals surface area contributed by atoms with Crippen LogP contribution in [0.2, 0.25) is 5.02 Å². The molecule has 0 spiro atoms. The summed E-state index contributed by atoms with van der Waals surface area (Å²) in [4.78, 5) is 0. The van der Waals surface area contributed by atoms with Crippen molar-refractivity contribution in [3.63, 3.8) is 0 Å². The lowest BCUT2D eigenvalue weighted by Crippen LogP contribution is -2.13. The minimum atomic E-state index is -4.38. The first-order chi connectivity index (χ1) is 11.4. The minimum absolute atomic E-state index is 0.203. The summed E-state index contributed by atoms with van der Waals surface area (Å²) in [5.74, 6) is 1.41. The van der Waals surface area contributed by atoms with Crippen LogP contribution in [0.15, 0.2) is 29.8 Å². The molecule has 0 heterocycles. The highest BCUT2D eigenvalue weighted by atomic mass is 35.5. The van der Waals surface area contributed by atoms with Crippen LogP contribution >= 0.6 is 23.2 Å². The molecule has 1 aromatic carbocycles. The van der Waals surface area contributed by atoms with Crippen molar-refractivity contribution in [2.24, 2.45) is 11.8 Å². The van der Waals surface area contributed by atoms with Crippen LogP contribution in [-0.2, 0) is 12.6 Å². The highest BCUT2D eigenvalue weighted by molar-refractivity contribution is 6.31. The number of hydrogen-bond acceptors (Lipinski definition) is 0. The van der Waals surface area contributed by atoms with Crippen LogP contribution in [0, 0.1) is 11.8 Å². The van der Waals surface area contributed by atoms with Gasteiger partial charge in [0.2, 0.25) is 0 Å². The number of halogens is 5. The van der Waals surface area contributed by atoms with E-state index in [4.69, 9.17) is 23.2 Å². The van der Waals surface area contributed by atoms with Gasteiger partial charge in [0.15, 0.2) is 0 Å². The lowest BCUT2D eigenvalue weighted by atomic mass is 9.80. The summed E-state index contributed by atoms with van der Waals surface area (Å²) >= 11 is 11.4. The fourth-order valence-corrected chi connectivity index (χ4v) is 3.99. The van der Waals surface area contributed by atoms with Crippen molar-refractivity contribution in [3.05, 3.63) is 46.0 Å². The zero-order valence-electron chi connectivity index (χ0n) is 13.6. The third-order valence-electron chi connectivity index (χ3n) is 4.90. The van der Waals surface area contributed by atoms with Gasteiger partial charge < -0.3 is 0 Å². The van der Waals surface area contributed by atoms with E-state index in [1.165, 1.54) is 38.2 Å². The molecule has 2 rings (SSSR count). The zero-order valence-corrected chi connectivity index (χ0v) is 15.1. The summed E-state index contributed by atoms with van der Waals surface area (Å²) in [6, 6.07) is 4.08. The molecule has 0 bridgehead atoms. The quantitative estimate of drug-likeness (QED) is 0.446. The monoisotopic (exact) mass is 378 g/mol. The maximum atomic E-state index is 12.7. The second-order valence-corrected chi connectivity index (χ2v) is 7.32. The third-order valence-corrected chi connectivity index (χ3v) is 5.36. The molecule has 0 atom stereocenters. The van der Waals surface area contributed by atoms with E-state index in [0.29, 0.717) is 5.92 Å². The number of alkyl halides is 3. The highest BCUT2D eigenvalue weighted by Crippen LogP contribution is 2.35. The first-order valence-corrected chi connectivity index (χ1v) is 9.34. The normalized spacial score (nSPS) is 22.2. The van der Waals surface area contributed by atoms with E-state index in [0.717, 1.165) is 36.8 Å². The Morgan fingerprint density at radius 1 is 1.08 bits per heavy atom. The Morgan fingerprint density at radius 3 is 2.38 bits per heavy atom. The fraction of sp³-hybridized carbons (Fsp3) is 0.579. The molecule has 134 valence electrons. The minimum Gasteiger partial charge on any atom is -0.166 e. The highest BCUT2D eigenvalue weighted by Gasteiger charge is 2.32. The number of hydrogen-bond donors (Lipinski definition) is 0. The molecule has 1 saturated carbocycles. The van der Waals surface area contributed by atoms with Gasteiger partial charge in [-0.3, -0.25) is 0 Å². The van der Waals surface area contributed by atoms with Gasteiger partial charge in [0.25, 0.3) is 0 Å². The van der Waals surface area contributed by atoms with Crippen molar-refractivity contribution >= 4 is 23.2 Å². The molecule has 0 amide bonds. The van der Waals surface area contributed by atoms with E-state index in [1.54, 1.807) is 11.6 Å². The molecule has 1 aliphatic rings. The summed E-state index contributed by atoms with van der Waals surface area (Å²) in [5, 5.41) is -0.203. The summed E-state index contributed by atoms with van der Waals surface area (Å²) in [7, 11) is 0. The van der Waals surface area contributed by atoms with E-state index in [-0.39, 0.29) is 5.02 Å². The molecule has 24 heavy (non-hydrogen) atoms. The average molecular weight is 379 g/mol. The molecule has 1 fully saturated rings. The molecule has 0 aliphatic heterocycles. The predicted molar refractivity (Wildman–Crippen MR) is 94.5 cm³/mol. The predicted octanol–water partition coefficient (Wildman–Crippen LogP) is 7.63. The van der Waals surface area contributed by atoms with Gasteiger partial charge in [-0.05, 0) is 68.1 Å². The molecule has 1 aromatic rings. The fourth-order valence-electron chi connectivity index (χ4n) is 3.48. The smallest absolute Gasteiger partial charge is 0.166 e. The zero-order chi connectivity index (χ0) is 17.6. The number of aryl methyl sites for hydroxylation is 1. The van der Waals surface area contributed by atoms with Gasteiger partial charge in [0.1, 0.15) is 0 Å². The van der Waals surface area contributed by atoms with Gasteiger partial charge in [0.05, 0.1) is 10.6 Å². The van der Waals surface area contributed by atoms with Crippen molar-refractivity contribution in [1.82, 2.24) is 0 Å². The van der Waals surface area contributed by atoms with Crippen molar-refractivity contribution < 1.29 is 13.2 Å². The second kappa shape index (κ2) is 9.15. The van der Waals surface area contributed by atoms with Crippen LogP contribution in [-0.4, -0.2) is 0 Å². The lowest BCUT2D eigenvalue weighted by molar-refractivity contribution is -0.137. The van der Waals surface area contributed by atoms with Gasteiger partial charge in [-0.15, -0.1) is 0 Å². The van der Waals surface area contributed by atoms with E-state index in [1.807, 2.05) is 0 Å². The molecule has 0 saturated heterocycles. The number of unbranched alkanes of at least 4 members (excludes halogenated alkanes) is 1. The van der Waals surface area contributed by atoms with Gasteiger partial charge in [-0.1, -0.05) is 48.2 Å². The molecule has 0 N–H and O–H groups in total. The standard InChI is InChI=1S/C19H23Cl2F3/c20-12-11-15-7-5-14(6-8-15)3-1-2-4-16-9-10-17(18(21)13-16)19(22,23)24/h9-15H,1-8H2/b12-11+. The van der Waals surface area contributed by atoms with Crippen LogP contribution in [0.5, 0.6) is 0 Å². The molecular weight excluding hydrogens is 356 g/mol. The van der Waals surface area contributed by atoms with E-state index in [9.17, 15) is 13.2 Å². The number of allylic oxidation sites excluding steroid dienone is 1. The van der Waals surface area contributed by atoms with E-state index < -0.39 is 11.7 Å². The summed E-state index contributed by atoms with van der Waals surface area (Å²) in [6.45, 7) is 0. The molecule has 0 radical (unpaired) electrons. The third kappa shape index (κ3) is 6.00. The SMILES string of the molecule is FC(F)(F)c1ccc(CCCCC2CCC(/C=C/Cl)CC2)cc1Cl. The number of rotatable bonds is 6. The van der Waals surface area contributed by atoms with Crippen molar-refractivity contribution in [2.45, 2.75) is 57.5 Å². The Morgan fingerprint density at radius 2 is 1.79 bits per heavy atom. The second-order valence-electron chi connectivity index (χ2n) is 6.66. The number of benzene rings is 1. The Balaban J connectivity index is 1.71. The van der Waals surface area contributed by atoms with Crippen LogP contribution < -0.4 is 0 Å². The van der Waals surface area contributed by atoms with Crippen LogP contribution in [0.1, 0.15) is 56.1 Å². The maximum Gasteiger partial charge on any atom is 0.417 e. The topological polar surface area (TPSA) is 0 Å². The van der Waals surface area contributed by atoms with Crippen LogP contribution in [0.4, 0.5) is 13.2 Å². The lowest BCUT2D eigenvalue weighted by Gasteiger charge is -2.26. The van der Waals surface area contributed by atoms with Crippen molar-refractivity contribution in [2.75, 3.05) is 0 Å². The Kier molecular flexibility index (Phi) is 7.49. The average Bonchev–Trinajstić information content (AvgIpc) is 2.52. The van der Waals surface area contributed by atoms with Crippen LogP contribution in [0.3, 0.4) is 0 Å². The van der Waals surface area contributed by atoms with Gasteiger partial charge >= 0.3 is 6.18 Å². The maximum absolute atomic E-state index is 12.7. The van der Waals surface area contributed by atoms with Crippen molar-refractivity contribution in [1.29, 1.82) is 0 Å². The molecule has 0 unspecified atom stereocenters. The molecule has 0 nitrogen and oxygen atoms in total. The molecule has 0 aromatic heterocycles. The summed E-state index contributed by atoms with van der Waals surface area (Å²) < 4.78 is 38.0. The Labute approximate surface area is 152 Å². The van der Waals surface area contributed by atoms with Gasteiger partial charge in [-0.2, -0.15) is 13.2 Å². The molecular formula is C19H23Cl2F3. The first-order valence-electron chi connectivity index (χ1n) is 8.52. The van der Waals surface area contributed by atoms with E-state index in [2.05, 4.69) is 6.08 Å². The summed E-state index contributed by atoms with van der Waals surface area (Å²) in [6.07, 6.45) is 6.70. The van der Waals surface area contributed by atoms with Gasteiger partial charge in [0, 0.05) is 5.54 Å². The van der Waals surface area contributed by atoms with E-state index >= 15 is 0 Å². The largest absolute Gasteiger partial charge is 0.417 e. The van der Waals surface area contributed by atoms with Crippen molar-refractivity contribution in [3.8, 4) is 0 Å². The molecule has 1 aliphatic carbocycles. The van der Waals surface area contributed by atoms with Gasteiger partial charge in [-0.25, -0.2) is 0 Å². The first kappa shape index (κ1) is 19.7. The molecule has 5 heteroatoms. The Bertz CT molecular complexity index is 544. The van der Waals surface area contributed by atoms with Crippen LogP contribution in [0.25, 0.3) is 0 Å².